The predicted molar refractivity (Wildman–Crippen MR) is 281 cm³/mol. The van der Waals surface area contributed by atoms with E-state index >= 15 is 0 Å². The number of nitrogens with zero attached hydrogens (tertiary/aromatic N) is 3. The summed E-state index contributed by atoms with van der Waals surface area (Å²) in [6, 6.07) is 40.9. The number of pyridine rings is 1. The van der Waals surface area contributed by atoms with Crippen LogP contribution in [-0.4, -0.2) is 65.7 Å². The van der Waals surface area contributed by atoms with Gasteiger partial charge >= 0.3 is 5.97 Å². The van der Waals surface area contributed by atoms with E-state index in [0.717, 1.165) is 41.9 Å². The summed E-state index contributed by atoms with van der Waals surface area (Å²) in [5, 5.41) is 10.6. The molecule has 7 aromatic rings. The Labute approximate surface area is 421 Å². The van der Waals surface area contributed by atoms with Crippen molar-refractivity contribution in [2.45, 2.75) is 45.6 Å². The number of hydrogen-bond donors (Lipinski definition) is 4. The van der Waals surface area contributed by atoms with Gasteiger partial charge in [0.05, 0.1) is 41.8 Å². The van der Waals surface area contributed by atoms with E-state index in [4.69, 9.17) is 29.7 Å². The van der Waals surface area contributed by atoms with Crippen molar-refractivity contribution in [2.24, 2.45) is 9.98 Å². The Kier molecular flexibility index (Phi) is 15.7. The maximum Gasteiger partial charge on any atom is 0.338 e. The number of ketones is 2. The minimum absolute atomic E-state index is 0. The Bertz CT molecular complexity index is 3220. The fourth-order valence-corrected chi connectivity index (χ4v) is 7.98. The molecule has 6 aromatic carbocycles. The molecule has 11 rings (SSSR count). The molecule has 0 fully saturated rings. The first-order valence-corrected chi connectivity index (χ1v) is 23.0. The van der Waals surface area contributed by atoms with Crippen LogP contribution in [0.1, 0.15) is 47.3 Å². The zero-order chi connectivity index (χ0) is 50.0. The maximum absolute atomic E-state index is 12.0. The van der Waals surface area contributed by atoms with E-state index in [9.17, 15) is 24.0 Å². The quantitative estimate of drug-likeness (QED) is 0.0191. The van der Waals surface area contributed by atoms with E-state index in [0.29, 0.717) is 63.5 Å². The SMILES string of the molecule is C.C=C1Nc2ccc(Oc3ccc4c(c3)CC(=O)C(=O)N4)cc2CC1=O.Nc1ccc(C(=O)OCCCC2=Nc3cc4ccccc4cc3C2)cc1.O=C(NC=Nc1cccnc1)C1COc2ccccc2O1. The van der Waals surface area contributed by atoms with Gasteiger partial charge < -0.3 is 40.6 Å². The third-order valence-electron chi connectivity index (χ3n) is 11.7. The van der Waals surface area contributed by atoms with E-state index in [1.807, 2.05) is 24.3 Å². The number of benzene rings is 6. The minimum atomic E-state index is -0.694. The van der Waals surface area contributed by atoms with Crippen molar-refractivity contribution in [3.05, 3.63) is 180 Å². The summed E-state index contributed by atoms with van der Waals surface area (Å²) in [7, 11) is 0. The number of allylic oxidation sites excluding steroid dienone is 1. The molecule has 1 unspecified atom stereocenters. The van der Waals surface area contributed by atoms with Crippen LogP contribution in [0.5, 0.6) is 23.0 Å². The molecule has 1 atom stereocenters. The van der Waals surface area contributed by atoms with Crippen molar-refractivity contribution in [1.82, 2.24) is 10.3 Å². The van der Waals surface area contributed by atoms with E-state index in [1.54, 1.807) is 91.3 Å². The van der Waals surface area contributed by atoms with E-state index in [-0.39, 0.29) is 44.5 Å². The number of aromatic nitrogens is 1. The normalized spacial score (nSPS) is 14.7. The molecule has 4 aliphatic heterocycles. The summed E-state index contributed by atoms with van der Waals surface area (Å²) in [6.07, 6.45) is 6.70. The highest BCUT2D eigenvalue weighted by molar-refractivity contribution is 6.42. The number of nitrogens with two attached hydrogens (primary N) is 1. The molecule has 0 saturated heterocycles. The number of rotatable bonds is 10. The number of esters is 1. The number of nitrogen functional groups attached to an aromatic ring is 1. The van der Waals surface area contributed by atoms with Crippen LogP contribution < -0.4 is 35.9 Å². The number of hydrogen-bond acceptors (Lipinski definition) is 14. The summed E-state index contributed by atoms with van der Waals surface area (Å²) in [5.74, 6) is 0.628. The van der Waals surface area contributed by atoms with Crippen LogP contribution >= 0.6 is 0 Å². The number of para-hydroxylation sites is 2. The van der Waals surface area contributed by atoms with Crippen molar-refractivity contribution in [3.63, 3.8) is 0 Å². The molecular weight excluding hydrogens is 927 g/mol. The van der Waals surface area contributed by atoms with E-state index in [1.165, 1.54) is 22.7 Å². The van der Waals surface area contributed by atoms with Gasteiger partial charge in [-0.05, 0) is 137 Å². The standard InChI is InChI=1S/C22H20N2O2.C19H14N2O4.C15H13N3O3.CH4/c23-19-9-7-15(8-10-19)22(25)26-11-3-6-20-13-18-12-16-4-1-2-5-17(16)14-21(18)24-20;1-10-17(22)8-11-6-13(2-4-15(11)20-10)25-14-3-5-16-12(7-14)9-18(23)19(24)21-16;19-15(18-10-17-11-4-3-7-16-8-11)14-9-20-12-5-1-2-6-13(12)21-14;/h1-2,4-5,7-10,12,14H,3,6,11,13,23H2;2-7,20H,1,8-9H2,(H,21,24);1-8,10,14H,9H2,(H,17,18,19);1H4. The largest absolute Gasteiger partial charge is 0.485 e. The molecule has 0 aliphatic carbocycles. The number of carbonyl (C=O) groups is 5. The van der Waals surface area contributed by atoms with Crippen molar-refractivity contribution in [1.29, 1.82) is 0 Å². The van der Waals surface area contributed by atoms with Gasteiger partial charge in [0.2, 0.25) is 11.9 Å². The Morgan fingerprint density at radius 2 is 1.47 bits per heavy atom. The average Bonchev–Trinajstić information content (AvgIpc) is 3.80. The highest BCUT2D eigenvalue weighted by Gasteiger charge is 2.27. The molecule has 2 amide bonds. The highest BCUT2D eigenvalue weighted by atomic mass is 16.6. The zero-order valence-corrected chi connectivity index (χ0v) is 38.8. The second kappa shape index (κ2) is 23.0. The van der Waals surface area contributed by atoms with Crippen molar-refractivity contribution < 1.29 is 42.9 Å². The van der Waals surface area contributed by atoms with Crippen LogP contribution in [0.25, 0.3) is 10.8 Å². The zero-order valence-electron chi connectivity index (χ0n) is 38.8. The summed E-state index contributed by atoms with van der Waals surface area (Å²) in [6.45, 7) is 4.25. The molecule has 368 valence electrons. The highest BCUT2D eigenvalue weighted by Crippen LogP contribution is 2.35. The van der Waals surface area contributed by atoms with Crippen molar-refractivity contribution >= 4 is 80.6 Å². The molecule has 5 N–H and O–H groups in total. The molecule has 16 nitrogen and oxygen atoms in total. The number of fused-ring (bicyclic) bond motifs is 5. The second-order valence-electron chi connectivity index (χ2n) is 16.9. The third-order valence-corrected chi connectivity index (χ3v) is 11.7. The number of carbonyl (C=O) groups excluding carboxylic acids is 5. The number of Topliss-reactive ketones (excluding diaryl/α,β-unsaturated/α-hetero) is 2. The molecule has 0 radical (unpaired) electrons. The summed E-state index contributed by atoms with van der Waals surface area (Å²) < 4.78 is 22.2. The lowest BCUT2D eigenvalue weighted by Gasteiger charge is -2.24. The van der Waals surface area contributed by atoms with Gasteiger partial charge in [-0.25, -0.2) is 9.79 Å². The monoisotopic (exact) mass is 977 g/mol. The number of anilines is 3. The topological polar surface area (TPSA) is 222 Å². The van der Waals surface area contributed by atoms with Gasteiger partial charge in [-0.2, -0.15) is 0 Å². The molecular formula is C57H51N7O9. The lowest BCUT2D eigenvalue weighted by molar-refractivity contribution is -0.134. The third kappa shape index (κ3) is 12.7. The lowest BCUT2D eigenvalue weighted by atomic mass is 10.0. The predicted octanol–water partition coefficient (Wildman–Crippen LogP) is 9.61. The van der Waals surface area contributed by atoms with Gasteiger partial charge in [0, 0.05) is 48.2 Å². The molecule has 4 aliphatic rings. The minimum Gasteiger partial charge on any atom is -0.485 e. The van der Waals surface area contributed by atoms with Gasteiger partial charge in [-0.1, -0.05) is 50.4 Å². The van der Waals surface area contributed by atoms with Crippen LogP contribution in [-0.2, 0) is 43.2 Å². The van der Waals surface area contributed by atoms with Gasteiger partial charge in [0.15, 0.2) is 17.3 Å². The van der Waals surface area contributed by atoms with Gasteiger partial charge in [-0.15, -0.1) is 0 Å². The fraction of sp³-hybridized carbons (Fsp3) is 0.158. The van der Waals surface area contributed by atoms with E-state index < -0.39 is 17.8 Å². The number of aliphatic imine (C=N–C) groups is 2. The van der Waals surface area contributed by atoms with Crippen LogP contribution in [0.3, 0.4) is 0 Å². The molecule has 0 bridgehead atoms. The molecule has 16 heteroatoms. The van der Waals surface area contributed by atoms with Gasteiger partial charge in [-0.3, -0.25) is 29.2 Å². The summed E-state index contributed by atoms with van der Waals surface area (Å²) in [5.41, 5.74) is 14.3. The Morgan fingerprint density at radius 3 is 2.19 bits per heavy atom. The second-order valence-corrected chi connectivity index (χ2v) is 16.9. The van der Waals surface area contributed by atoms with Crippen molar-refractivity contribution in [2.75, 3.05) is 29.6 Å². The van der Waals surface area contributed by atoms with Crippen LogP contribution in [0.2, 0.25) is 0 Å². The Balaban J connectivity index is 0.000000146. The van der Waals surface area contributed by atoms with Gasteiger partial charge in [0.25, 0.3) is 11.8 Å². The van der Waals surface area contributed by atoms with Crippen molar-refractivity contribution in [3.8, 4) is 23.0 Å². The molecule has 0 saturated carbocycles. The summed E-state index contributed by atoms with van der Waals surface area (Å²) in [4.78, 5) is 71.4. The van der Waals surface area contributed by atoms with Crippen LogP contribution in [0.4, 0.5) is 28.4 Å². The maximum atomic E-state index is 12.0. The molecule has 1 aromatic heterocycles. The molecule has 73 heavy (non-hydrogen) atoms. The molecule has 0 spiro atoms. The average molecular weight is 978 g/mol. The number of nitrogens with one attached hydrogen (secondary N) is 3. The first kappa shape index (κ1) is 50.0. The smallest absolute Gasteiger partial charge is 0.338 e. The first-order chi connectivity index (χ1) is 35.0. The Hall–Kier alpha value is -9.44. The lowest BCUT2D eigenvalue weighted by Crippen LogP contribution is -2.43. The van der Waals surface area contributed by atoms with Crippen LogP contribution in [0, 0.1) is 0 Å². The van der Waals surface area contributed by atoms with Crippen LogP contribution in [0.15, 0.2) is 168 Å². The summed E-state index contributed by atoms with van der Waals surface area (Å²) >= 11 is 0. The first-order valence-electron chi connectivity index (χ1n) is 23.0. The van der Waals surface area contributed by atoms with E-state index in [2.05, 4.69) is 62.8 Å². The number of amides is 2. The molecule has 5 heterocycles. The van der Waals surface area contributed by atoms with Gasteiger partial charge in [0.1, 0.15) is 18.1 Å². The fourth-order valence-electron chi connectivity index (χ4n) is 7.98. The number of ether oxygens (including phenoxy) is 4. The Morgan fingerprint density at radius 1 is 0.781 bits per heavy atom.